The van der Waals surface area contributed by atoms with Crippen LogP contribution in [0.4, 0.5) is 0 Å². The molecule has 0 radical (unpaired) electrons. The fourth-order valence-electron chi connectivity index (χ4n) is 1.96. The number of cyclic esters (lactones) is 1. The summed E-state index contributed by atoms with van der Waals surface area (Å²) in [7, 11) is 0. The van der Waals surface area contributed by atoms with E-state index in [9.17, 15) is 19.2 Å². The predicted octanol–water partition coefficient (Wildman–Crippen LogP) is 1.32. The van der Waals surface area contributed by atoms with Gasteiger partial charge in [0.2, 0.25) is 0 Å². The Kier molecular flexibility index (Phi) is 7.96. The van der Waals surface area contributed by atoms with Gasteiger partial charge in [0.15, 0.2) is 5.78 Å². The van der Waals surface area contributed by atoms with E-state index in [1.54, 1.807) is 27.7 Å². The highest BCUT2D eigenvalue weighted by atomic mass is 16.6. The fourth-order valence-corrected chi connectivity index (χ4v) is 1.96. The Labute approximate surface area is 156 Å². The molecule has 0 bridgehead atoms. The molecule has 9 heteroatoms. The number of allylic oxidation sites excluding steroid dienone is 1. The highest BCUT2D eigenvalue weighted by Crippen LogP contribution is 2.18. The van der Waals surface area contributed by atoms with Gasteiger partial charge in [-0.25, -0.2) is 9.59 Å². The molecular formula is C18H22N2O7. The topological polar surface area (TPSA) is 132 Å². The Hall–Kier alpha value is -2.90. The molecule has 0 aromatic rings. The highest BCUT2D eigenvalue weighted by molar-refractivity contribution is 6.62. The minimum atomic E-state index is -1.06. The molecule has 1 heterocycles. The van der Waals surface area contributed by atoms with Crippen molar-refractivity contribution in [1.29, 1.82) is 0 Å². The van der Waals surface area contributed by atoms with Crippen molar-refractivity contribution < 1.29 is 38.2 Å². The molecule has 146 valence electrons. The number of nitrogens with zero attached hydrogens (tertiary/aromatic N) is 2. The van der Waals surface area contributed by atoms with Crippen molar-refractivity contribution in [2.45, 2.75) is 46.1 Å². The van der Waals surface area contributed by atoms with Crippen LogP contribution in [0.3, 0.4) is 0 Å². The zero-order valence-electron chi connectivity index (χ0n) is 15.7. The number of carbonyl (C=O) groups is 4. The molecule has 0 saturated heterocycles. The maximum Gasteiger partial charge on any atom is 0.441 e. The van der Waals surface area contributed by atoms with Crippen LogP contribution in [-0.4, -0.2) is 52.8 Å². The Balaban J connectivity index is 2.39. The molecule has 0 N–H and O–H groups in total. The fraction of sp³-hybridized carbons (Fsp3) is 0.500. The smallest absolute Gasteiger partial charge is 0.441 e. The van der Waals surface area contributed by atoms with E-state index in [-0.39, 0.29) is 31.8 Å². The first-order chi connectivity index (χ1) is 12.5. The van der Waals surface area contributed by atoms with E-state index in [4.69, 9.17) is 19.7 Å². The zero-order valence-corrected chi connectivity index (χ0v) is 15.7. The van der Waals surface area contributed by atoms with Gasteiger partial charge < -0.3 is 19.7 Å². The Morgan fingerprint density at radius 2 is 1.93 bits per heavy atom. The second kappa shape index (κ2) is 9.70. The molecule has 1 aliphatic rings. The van der Waals surface area contributed by atoms with Crippen LogP contribution in [0.5, 0.6) is 0 Å². The molecule has 1 aliphatic heterocycles. The maximum absolute atomic E-state index is 11.9. The number of Topliss-reactive ketones (excluding diaryl/α,β-unsaturated/α-hetero) is 2. The molecule has 0 spiro atoms. The van der Waals surface area contributed by atoms with Gasteiger partial charge in [0.1, 0.15) is 18.0 Å². The predicted molar refractivity (Wildman–Crippen MR) is 92.5 cm³/mol. The molecule has 27 heavy (non-hydrogen) atoms. The summed E-state index contributed by atoms with van der Waals surface area (Å²) in [6.07, 6.45) is 2.36. The molecule has 0 amide bonds. The first-order valence-corrected chi connectivity index (χ1v) is 8.22. The number of rotatable bonds is 9. The van der Waals surface area contributed by atoms with Crippen LogP contribution in [0.15, 0.2) is 23.5 Å². The van der Waals surface area contributed by atoms with Gasteiger partial charge in [0.25, 0.3) is 5.78 Å². The summed E-state index contributed by atoms with van der Waals surface area (Å²) in [5.41, 5.74) is 7.91. The summed E-state index contributed by atoms with van der Waals surface area (Å²) in [6.45, 7) is 6.30. The van der Waals surface area contributed by atoms with Crippen molar-refractivity contribution in [3.05, 3.63) is 29.0 Å². The number of carbonyl (C=O) groups excluding carboxylic acids is 4. The van der Waals surface area contributed by atoms with E-state index >= 15 is 0 Å². The molecule has 0 aromatic carbocycles. The van der Waals surface area contributed by atoms with Crippen LogP contribution in [0.1, 0.15) is 40.5 Å². The van der Waals surface area contributed by atoms with Crippen LogP contribution in [0, 0.1) is 0 Å². The third kappa shape index (κ3) is 7.89. The third-order valence-electron chi connectivity index (χ3n) is 3.17. The molecule has 0 unspecified atom stereocenters. The van der Waals surface area contributed by atoms with E-state index in [1.165, 1.54) is 12.2 Å². The van der Waals surface area contributed by atoms with Crippen molar-refractivity contribution in [3.63, 3.8) is 0 Å². The number of esters is 2. The van der Waals surface area contributed by atoms with Gasteiger partial charge in [0, 0.05) is 18.9 Å². The van der Waals surface area contributed by atoms with Crippen molar-refractivity contribution in [3.8, 4) is 0 Å². The van der Waals surface area contributed by atoms with E-state index in [0.29, 0.717) is 11.3 Å². The number of ether oxygens (including phenoxy) is 3. The molecule has 0 saturated carbocycles. The van der Waals surface area contributed by atoms with Crippen LogP contribution in [0.25, 0.3) is 5.53 Å². The van der Waals surface area contributed by atoms with Crippen molar-refractivity contribution >= 4 is 29.2 Å². The average molecular weight is 378 g/mol. The van der Waals surface area contributed by atoms with Crippen molar-refractivity contribution in [2.75, 3.05) is 13.2 Å². The van der Waals surface area contributed by atoms with Gasteiger partial charge in [-0.3, -0.25) is 9.59 Å². The largest absolute Gasteiger partial charge is 0.451 e. The average Bonchev–Trinajstić information content (AvgIpc) is 2.86. The first kappa shape index (κ1) is 22.1. The SMILES string of the molecule is CC1=CC(=O)O/C1=C\COCC(=O)CCC(=O)C(=[N+]=[N-])C(=O)OC(C)(C)C. The van der Waals surface area contributed by atoms with Gasteiger partial charge in [0.05, 0.1) is 6.61 Å². The van der Waals surface area contributed by atoms with Gasteiger partial charge in [-0.1, -0.05) is 0 Å². The Morgan fingerprint density at radius 1 is 1.26 bits per heavy atom. The van der Waals surface area contributed by atoms with Crippen LogP contribution < -0.4 is 0 Å². The van der Waals surface area contributed by atoms with Gasteiger partial charge in [-0.05, 0) is 39.3 Å². The lowest BCUT2D eigenvalue weighted by molar-refractivity contribution is -0.152. The van der Waals surface area contributed by atoms with Gasteiger partial charge >= 0.3 is 17.7 Å². The van der Waals surface area contributed by atoms with Crippen LogP contribution in [0.2, 0.25) is 0 Å². The standard InChI is InChI=1S/C18H22N2O7/c1-11-9-15(23)26-14(11)7-8-25-10-12(21)5-6-13(22)16(20-19)17(24)27-18(2,3)4/h7,9H,5-6,8,10H2,1-4H3/b14-7-. The number of ketones is 2. The quantitative estimate of drug-likeness (QED) is 0.148. The highest BCUT2D eigenvalue weighted by Gasteiger charge is 2.34. The summed E-state index contributed by atoms with van der Waals surface area (Å²) >= 11 is 0. The molecule has 0 aromatic heterocycles. The summed E-state index contributed by atoms with van der Waals surface area (Å²) < 4.78 is 15.0. The summed E-state index contributed by atoms with van der Waals surface area (Å²) in [5.74, 6) is -2.32. The normalized spacial score (nSPS) is 15.0. The van der Waals surface area contributed by atoms with E-state index in [0.717, 1.165) is 0 Å². The molecule has 0 fully saturated rings. The minimum absolute atomic E-state index is 0.0503. The summed E-state index contributed by atoms with van der Waals surface area (Å²) in [4.78, 5) is 49.2. The van der Waals surface area contributed by atoms with E-state index in [1.807, 2.05) is 0 Å². The van der Waals surface area contributed by atoms with Crippen LogP contribution >= 0.6 is 0 Å². The lowest BCUT2D eigenvalue weighted by Crippen LogP contribution is -2.34. The molecule has 1 rings (SSSR count). The number of hydrogen-bond acceptors (Lipinski definition) is 7. The maximum atomic E-state index is 11.9. The Morgan fingerprint density at radius 3 is 2.44 bits per heavy atom. The molecule has 0 aliphatic carbocycles. The second-order valence-corrected chi connectivity index (χ2v) is 6.74. The van der Waals surface area contributed by atoms with E-state index < -0.39 is 29.0 Å². The van der Waals surface area contributed by atoms with Gasteiger partial charge in [-0.15, -0.1) is 0 Å². The lowest BCUT2D eigenvalue weighted by atomic mass is 10.1. The second-order valence-electron chi connectivity index (χ2n) is 6.74. The first-order valence-electron chi connectivity index (χ1n) is 8.22. The van der Waals surface area contributed by atoms with E-state index in [2.05, 4.69) is 4.79 Å². The lowest BCUT2D eigenvalue weighted by Gasteiger charge is -2.17. The van der Waals surface area contributed by atoms with Crippen molar-refractivity contribution in [2.24, 2.45) is 0 Å². The Bertz CT molecular complexity index is 750. The molecule has 0 atom stereocenters. The molecular weight excluding hydrogens is 356 g/mol. The minimum Gasteiger partial charge on any atom is -0.451 e. The molecule has 9 nitrogen and oxygen atoms in total. The summed E-state index contributed by atoms with van der Waals surface area (Å²) in [6, 6.07) is 0. The third-order valence-corrected chi connectivity index (χ3v) is 3.17. The van der Waals surface area contributed by atoms with Crippen molar-refractivity contribution in [1.82, 2.24) is 0 Å². The van der Waals surface area contributed by atoms with Gasteiger partial charge in [-0.2, -0.15) is 4.79 Å². The monoisotopic (exact) mass is 378 g/mol. The number of hydrogen-bond donors (Lipinski definition) is 0. The van der Waals surface area contributed by atoms with Crippen LogP contribution in [-0.2, 0) is 33.4 Å². The summed E-state index contributed by atoms with van der Waals surface area (Å²) in [5, 5.41) is 0. The zero-order chi connectivity index (χ0) is 20.6.